The Morgan fingerprint density at radius 2 is 1.71 bits per heavy atom. The third-order valence-electron chi connectivity index (χ3n) is 5.69. The van der Waals surface area contributed by atoms with Crippen LogP contribution in [0.15, 0.2) is 36.8 Å². The maximum absolute atomic E-state index is 10.7. The minimum absolute atomic E-state index is 0. The van der Waals surface area contributed by atoms with Gasteiger partial charge in [-0.15, -0.1) is 35.0 Å². The minimum Gasteiger partial charge on any atom is -0.507 e. The van der Waals surface area contributed by atoms with Crippen molar-refractivity contribution in [1.29, 1.82) is 0 Å². The van der Waals surface area contributed by atoms with E-state index in [1.54, 1.807) is 12.3 Å². The van der Waals surface area contributed by atoms with Crippen molar-refractivity contribution in [2.75, 3.05) is 18.0 Å². The van der Waals surface area contributed by atoms with Crippen LogP contribution in [0.4, 0.5) is 5.95 Å². The predicted molar refractivity (Wildman–Crippen MR) is 137 cm³/mol. The fourth-order valence-corrected chi connectivity index (χ4v) is 4.35. The number of rotatable bonds is 3. The molecule has 3 aromatic heterocycles. The highest BCUT2D eigenvalue weighted by molar-refractivity contribution is 5.85. The third kappa shape index (κ3) is 4.91. The SMILES string of the molecule is Cc1cn2cc(-c3ccc(-c4cnc(N5C[C@@H](C)N[C@@H](C)C5)nn4)c(O)c3)nc(C)c2n1.Cl.Cl. The van der Waals surface area contributed by atoms with E-state index in [1.807, 2.05) is 42.8 Å². The summed E-state index contributed by atoms with van der Waals surface area (Å²) >= 11 is 0. The summed E-state index contributed by atoms with van der Waals surface area (Å²) in [6.45, 7) is 9.84. The van der Waals surface area contributed by atoms with Crippen LogP contribution in [0.3, 0.4) is 0 Å². The van der Waals surface area contributed by atoms with E-state index in [4.69, 9.17) is 0 Å². The molecule has 0 saturated carbocycles. The van der Waals surface area contributed by atoms with Crippen molar-refractivity contribution in [3.05, 3.63) is 48.2 Å². The maximum Gasteiger partial charge on any atom is 0.245 e. The molecule has 0 bridgehead atoms. The highest BCUT2D eigenvalue weighted by Crippen LogP contribution is 2.32. The number of piperazine rings is 1. The lowest BCUT2D eigenvalue weighted by Gasteiger charge is -2.35. The average Bonchev–Trinajstić information content (AvgIpc) is 3.14. The van der Waals surface area contributed by atoms with Crippen LogP contribution in [0.2, 0.25) is 0 Å². The maximum atomic E-state index is 10.7. The summed E-state index contributed by atoms with van der Waals surface area (Å²) in [7, 11) is 0. The molecule has 2 N–H and O–H groups in total. The van der Waals surface area contributed by atoms with Gasteiger partial charge in [-0.05, 0) is 39.8 Å². The number of aromatic nitrogens is 6. The first-order valence-electron chi connectivity index (χ1n) is 10.7. The van der Waals surface area contributed by atoms with Crippen molar-refractivity contribution in [3.8, 4) is 28.3 Å². The lowest BCUT2D eigenvalue weighted by molar-refractivity contribution is 0.402. The van der Waals surface area contributed by atoms with Crippen molar-refractivity contribution in [2.24, 2.45) is 0 Å². The smallest absolute Gasteiger partial charge is 0.245 e. The Balaban J connectivity index is 0.00000162. The molecule has 1 aliphatic heterocycles. The minimum atomic E-state index is 0. The van der Waals surface area contributed by atoms with Crippen molar-refractivity contribution >= 4 is 36.4 Å². The monoisotopic (exact) mass is 502 g/mol. The van der Waals surface area contributed by atoms with E-state index in [0.29, 0.717) is 29.3 Å². The second kappa shape index (κ2) is 10.1. The number of hydrogen-bond donors (Lipinski definition) is 2. The van der Waals surface area contributed by atoms with Gasteiger partial charge in [0.2, 0.25) is 5.95 Å². The summed E-state index contributed by atoms with van der Waals surface area (Å²) in [5.74, 6) is 0.714. The van der Waals surface area contributed by atoms with Crippen LogP contribution < -0.4 is 10.2 Å². The Hall–Kier alpha value is -3.01. The number of fused-ring (bicyclic) bond motifs is 1. The molecule has 0 unspecified atom stereocenters. The van der Waals surface area contributed by atoms with Crippen molar-refractivity contribution in [3.63, 3.8) is 0 Å². The first-order valence-corrected chi connectivity index (χ1v) is 10.7. The van der Waals surface area contributed by atoms with Crippen LogP contribution in [0.5, 0.6) is 5.75 Å². The summed E-state index contributed by atoms with van der Waals surface area (Å²) in [5, 5.41) is 22.9. The molecule has 4 aromatic rings. The number of imidazole rings is 1. The van der Waals surface area contributed by atoms with Gasteiger partial charge in [0.25, 0.3) is 0 Å². The molecule has 0 radical (unpaired) electrons. The number of hydrogen-bond acceptors (Lipinski definition) is 8. The number of aromatic hydroxyl groups is 1. The van der Waals surface area contributed by atoms with E-state index in [-0.39, 0.29) is 30.6 Å². The number of phenols is 1. The molecule has 11 heteroatoms. The molecule has 2 atom stereocenters. The molecule has 5 rings (SSSR count). The number of aryl methyl sites for hydroxylation is 2. The molecule has 0 aliphatic carbocycles. The Kier molecular flexibility index (Phi) is 7.60. The lowest BCUT2D eigenvalue weighted by atomic mass is 10.1. The first-order chi connectivity index (χ1) is 15.4. The fraction of sp³-hybridized carbons (Fsp3) is 0.348. The molecule has 1 aliphatic rings. The first kappa shape index (κ1) is 25.6. The van der Waals surface area contributed by atoms with Gasteiger partial charge >= 0.3 is 0 Å². The highest BCUT2D eigenvalue weighted by atomic mass is 35.5. The molecule has 180 valence electrons. The predicted octanol–water partition coefficient (Wildman–Crippen LogP) is 3.60. The molecule has 1 fully saturated rings. The number of nitrogens with one attached hydrogen (secondary N) is 1. The van der Waals surface area contributed by atoms with E-state index in [0.717, 1.165) is 41.4 Å². The van der Waals surface area contributed by atoms with Gasteiger partial charge < -0.3 is 19.7 Å². The van der Waals surface area contributed by atoms with Gasteiger partial charge in [0, 0.05) is 48.7 Å². The molecule has 1 saturated heterocycles. The zero-order valence-corrected chi connectivity index (χ0v) is 21.1. The van der Waals surface area contributed by atoms with Crippen LogP contribution in [-0.4, -0.2) is 59.8 Å². The average molecular weight is 503 g/mol. The largest absolute Gasteiger partial charge is 0.507 e. The number of anilines is 1. The fourth-order valence-electron chi connectivity index (χ4n) is 4.35. The van der Waals surface area contributed by atoms with Gasteiger partial charge in [-0.3, -0.25) is 0 Å². The number of phenolic OH excluding ortho intramolecular Hbond substituents is 1. The normalized spacial score (nSPS) is 17.8. The van der Waals surface area contributed by atoms with Crippen molar-refractivity contribution < 1.29 is 5.11 Å². The van der Waals surface area contributed by atoms with Crippen LogP contribution in [0.25, 0.3) is 28.2 Å². The quantitative estimate of drug-likeness (QED) is 0.437. The van der Waals surface area contributed by atoms with Crippen LogP contribution in [0, 0.1) is 13.8 Å². The Labute approximate surface area is 210 Å². The number of halogens is 2. The summed E-state index contributed by atoms with van der Waals surface area (Å²) in [5.41, 5.74) is 5.28. The zero-order valence-electron chi connectivity index (χ0n) is 19.4. The summed E-state index contributed by atoms with van der Waals surface area (Å²) < 4.78 is 1.96. The summed E-state index contributed by atoms with van der Waals surface area (Å²) in [6, 6.07) is 6.16. The molecule has 34 heavy (non-hydrogen) atoms. The van der Waals surface area contributed by atoms with E-state index < -0.39 is 0 Å². The summed E-state index contributed by atoms with van der Waals surface area (Å²) in [6.07, 6.45) is 5.55. The van der Waals surface area contributed by atoms with Gasteiger partial charge in [0.1, 0.15) is 11.4 Å². The molecule has 4 heterocycles. The van der Waals surface area contributed by atoms with Crippen LogP contribution in [0.1, 0.15) is 25.2 Å². The Morgan fingerprint density at radius 3 is 2.35 bits per heavy atom. The molecule has 0 amide bonds. The van der Waals surface area contributed by atoms with Crippen molar-refractivity contribution in [2.45, 2.75) is 39.8 Å². The second-order valence-electron chi connectivity index (χ2n) is 8.57. The Morgan fingerprint density at radius 1 is 0.971 bits per heavy atom. The zero-order chi connectivity index (χ0) is 22.4. The number of nitrogens with zero attached hydrogens (tertiary/aromatic N) is 7. The van der Waals surface area contributed by atoms with Crippen molar-refractivity contribution in [1.82, 2.24) is 34.9 Å². The van der Waals surface area contributed by atoms with E-state index in [1.165, 1.54) is 0 Å². The molecule has 0 spiro atoms. The van der Waals surface area contributed by atoms with Gasteiger partial charge in [0.05, 0.1) is 23.3 Å². The van der Waals surface area contributed by atoms with Crippen LogP contribution in [-0.2, 0) is 0 Å². The molecular weight excluding hydrogens is 475 g/mol. The second-order valence-corrected chi connectivity index (χ2v) is 8.57. The van der Waals surface area contributed by atoms with Gasteiger partial charge in [-0.2, -0.15) is 0 Å². The third-order valence-corrected chi connectivity index (χ3v) is 5.69. The molecule has 9 nitrogen and oxygen atoms in total. The van der Waals surface area contributed by atoms with Crippen LogP contribution >= 0.6 is 24.8 Å². The Bertz CT molecular complexity index is 1280. The van der Waals surface area contributed by atoms with E-state index >= 15 is 0 Å². The van der Waals surface area contributed by atoms with E-state index in [2.05, 4.69) is 49.2 Å². The van der Waals surface area contributed by atoms with E-state index in [9.17, 15) is 5.11 Å². The highest BCUT2D eigenvalue weighted by Gasteiger charge is 2.23. The molecular formula is C23H28Cl2N8O. The number of benzene rings is 1. The van der Waals surface area contributed by atoms with Gasteiger partial charge in [-0.1, -0.05) is 6.07 Å². The standard InChI is InChI=1S/C23H26N8O.2ClH/c1-13-10-31(11-14(2)25-13)23-24-8-19(28-29-23)18-6-5-17(7-21(18)32)20-12-30-9-15(3)26-22(30)16(4)27-20;;/h5-9,12-14,25,32H,10-11H2,1-4H3;2*1H/t13-,14+;;. The summed E-state index contributed by atoms with van der Waals surface area (Å²) in [4.78, 5) is 15.8. The lowest BCUT2D eigenvalue weighted by Crippen LogP contribution is -2.54. The topological polar surface area (TPSA) is 104 Å². The van der Waals surface area contributed by atoms with Gasteiger partial charge in [0.15, 0.2) is 5.65 Å². The van der Waals surface area contributed by atoms with Gasteiger partial charge in [-0.25, -0.2) is 15.0 Å². The molecule has 1 aromatic carbocycles.